The second kappa shape index (κ2) is 6.61. The molecule has 1 aliphatic rings. The predicted molar refractivity (Wildman–Crippen MR) is 84.4 cm³/mol. The molecule has 0 aromatic heterocycles. The molecule has 106 valence electrons. The van der Waals surface area contributed by atoms with E-state index in [0.717, 1.165) is 5.69 Å². The van der Waals surface area contributed by atoms with Crippen molar-refractivity contribution in [2.24, 2.45) is 17.8 Å². The number of hydrogen-bond donors (Lipinski definition) is 0. The van der Waals surface area contributed by atoms with Gasteiger partial charge >= 0.3 is 0 Å². The Bertz CT molecular complexity index is 486. The molecule has 0 aliphatic heterocycles. The first-order valence-electron chi connectivity index (χ1n) is 7.49. The van der Waals surface area contributed by atoms with Crippen LogP contribution in [0.3, 0.4) is 0 Å². The lowest BCUT2D eigenvalue weighted by atomic mass is 9.83. The molecular formula is C18H24N2. The van der Waals surface area contributed by atoms with Crippen molar-refractivity contribution < 1.29 is 0 Å². The van der Waals surface area contributed by atoms with Gasteiger partial charge in [0.1, 0.15) is 6.04 Å². The van der Waals surface area contributed by atoms with E-state index >= 15 is 0 Å². The average molecular weight is 268 g/mol. The Balaban J connectivity index is 2.25. The van der Waals surface area contributed by atoms with Crippen LogP contribution in [0.2, 0.25) is 0 Å². The van der Waals surface area contributed by atoms with Crippen LogP contribution in [-0.4, -0.2) is 13.1 Å². The second-order valence-corrected chi connectivity index (χ2v) is 5.84. The highest BCUT2D eigenvalue weighted by molar-refractivity contribution is 5.48. The first kappa shape index (κ1) is 14.7. The van der Waals surface area contributed by atoms with Crippen LogP contribution in [0.25, 0.3) is 0 Å². The van der Waals surface area contributed by atoms with Crippen LogP contribution >= 0.6 is 0 Å². The molecule has 4 atom stereocenters. The van der Waals surface area contributed by atoms with Gasteiger partial charge in [0, 0.05) is 18.7 Å². The van der Waals surface area contributed by atoms with Gasteiger partial charge in [-0.3, -0.25) is 0 Å². The van der Waals surface area contributed by atoms with Crippen molar-refractivity contribution in [3.8, 4) is 6.07 Å². The summed E-state index contributed by atoms with van der Waals surface area (Å²) >= 11 is 0. The van der Waals surface area contributed by atoms with E-state index in [4.69, 9.17) is 0 Å². The van der Waals surface area contributed by atoms with Gasteiger partial charge in [-0.15, -0.1) is 0 Å². The first-order chi connectivity index (χ1) is 9.69. The molecule has 1 aromatic carbocycles. The molecule has 1 unspecified atom stereocenters. The molecule has 2 rings (SSSR count). The Labute approximate surface area is 122 Å². The molecule has 0 heterocycles. The molecule has 0 amide bonds. The molecule has 0 saturated heterocycles. The molecule has 1 aliphatic carbocycles. The van der Waals surface area contributed by atoms with E-state index in [1.165, 1.54) is 12.8 Å². The highest BCUT2D eigenvalue weighted by Crippen LogP contribution is 2.41. The Kier molecular flexibility index (Phi) is 4.84. The van der Waals surface area contributed by atoms with Crippen LogP contribution in [0.5, 0.6) is 0 Å². The number of benzene rings is 1. The van der Waals surface area contributed by atoms with E-state index in [1.807, 2.05) is 25.2 Å². The third-order valence-electron chi connectivity index (χ3n) is 4.62. The van der Waals surface area contributed by atoms with Crippen LogP contribution in [0.15, 0.2) is 42.5 Å². The number of allylic oxidation sites excluding steroid dienone is 2. The summed E-state index contributed by atoms with van der Waals surface area (Å²) < 4.78 is 0. The maximum atomic E-state index is 9.71. The van der Waals surface area contributed by atoms with Gasteiger partial charge in [0.15, 0.2) is 0 Å². The quantitative estimate of drug-likeness (QED) is 0.763. The van der Waals surface area contributed by atoms with Gasteiger partial charge in [-0.25, -0.2) is 0 Å². The third-order valence-corrected chi connectivity index (χ3v) is 4.62. The van der Waals surface area contributed by atoms with Crippen LogP contribution in [0, 0.1) is 29.1 Å². The maximum Gasteiger partial charge on any atom is 0.120 e. The minimum Gasteiger partial charge on any atom is -0.359 e. The van der Waals surface area contributed by atoms with E-state index in [-0.39, 0.29) is 6.04 Å². The molecule has 1 fully saturated rings. The van der Waals surface area contributed by atoms with Gasteiger partial charge in [-0.2, -0.15) is 5.26 Å². The highest BCUT2D eigenvalue weighted by atomic mass is 15.1. The van der Waals surface area contributed by atoms with Gasteiger partial charge < -0.3 is 4.90 Å². The van der Waals surface area contributed by atoms with E-state index in [9.17, 15) is 5.26 Å². The van der Waals surface area contributed by atoms with Crippen molar-refractivity contribution in [3.63, 3.8) is 0 Å². The molecular weight excluding hydrogens is 244 g/mol. The maximum absolute atomic E-state index is 9.71. The predicted octanol–water partition coefficient (Wildman–Crippen LogP) is 4.25. The molecule has 0 bridgehead atoms. The number of hydrogen-bond acceptors (Lipinski definition) is 2. The Morgan fingerprint density at radius 2 is 2.00 bits per heavy atom. The zero-order chi connectivity index (χ0) is 14.5. The van der Waals surface area contributed by atoms with Crippen molar-refractivity contribution in [2.45, 2.75) is 32.7 Å². The Morgan fingerprint density at radius 3 is 2.60 bits per heavy atom. The van der Waals surface area contributed by atoms with Crippen LogP contribution in [0.1, 0.15) is 26.7 Å². The van der Waals surface area contributed by atoms with Gasteiger partial charge in [0.05, 0.1) is 6.07 Å². The molecule has 2 heteroatoms. The summed E-state index contributed by atoms with van der Waals surface area (Å²) in [6.45, 7) is 4.36. The summed E-state index contributed by atoms with van der Waals surface area (Å²) in [5.74, 6) is 1.55. The SMILES string of the molecule is C/C=C/[C@H]1CCC(C)[C@@H]1[C@@H](C#N)N(C)c1ccccc1. The fourth-order valence-electron chi connectivity index (χ4n) is 3.53. The number of rotatable bonds is 4. The zero-order valence-electron chi connectivity index (χ0n) is 12.7. The van der Waals surface area contributed by atoms with Crippen molar-refractivity contribution in [1.82, 2.24) is 0 Å². The monoisotopic (exact) mass is 268 g/mol. The number of nitriles is 1. The fraction of sp³-hybridized carbons (Fsp3) is 0.500. The molecule has 1 saturated carbocycles. The average Bonchev–Trinajstić information content (AvgIpc) is 2.83. The number of para-hydroxylation sites is 1. The van der Waals surface area contributed by atoms with Crippen LogP contribution in [-0.2, 0) is 0 Å². The van der Waals surface area contributed by atoms with E-state index in [0.29, 0.717) is 17.8 Å². The lowest BCUT2D eigenvalue weighted by Crippen LogP contribution is -2.40. The van der Waals surface area contributed by atoms with Crippen LogP contribution < -0.4 is 4.90 Å². The lowest BCUT2D eigenvalue weighted by molar-refractivity contribution is 0.334. The molecule has 1 aromatic rings. The summed E-state index contributed by atoms with van der Waals surface area (Å²) in [6.07, 6.45) is 6.85. The molecule has 0 N–H and O–H groups in total. The minimum absolute atomic E-state index is 0.0592. The summed E-state index contributed by atoms with van der Waals surface area (Å²) in [6, 6.07) is 12.7. The smallest absolute Gasteiger partial charge is 0.120 e. The lowest BCUT2D eigenvalue weighted by Gasteiger charge is -2.34. The Morgan fingerprint density at radius 1 is 1.30 bits per heavy atom. The number of nitrogens with zero attached hydrogens (tertiary/aromatic N) is 2. The van der Waals surface area contributed by atoms with Gasteiger partial charge in [0.2, 0.25) is 0 Å². The highest BCUT2D eigenvalue weighted by Gasteiger charge is 2.39. The summed E-state index contributed by atoms with van der Waals surface area (Å²) in [4.78, 5) is 2.14. The topological polar surface area (TPSA) is 27.0 Å². The normalized spacial score (nSPS) is 27.4. The largest absolute Gasteiger partial charge is 0.359 e. The standard InChI is InChI=1S/C18H24N2/c1-4-8-15-12-11-14(2)18(15)17(13-19)20(3)16-9-6-5-7-10-16/h4-10,14-15,17-18H,11-12H2,1-3H3/b8-4+/t14?,15-,17+,18-/m0/s1. The van der Waals surface area contributed by atoms with Crippen LogP contribution in [0.4, 0.5) is 5.69 Å². The van der Waals surface area contributed by atoms with E-state index in [1.54, 1.807) is 0 Å². The van der Waals surface area contributed by atoms with Crippen molar-refractivity contribution in [3.05, 3.63) is 42.5 Å². The van der Waals surface area contributed by atoms with Crippen molar-refractivity contribution >= 4 is 5.69 Å². The first-order valence-corrected chi connectivity index (χ1v) is 7.49. The number of anilines is 1. The molecule has 0 spiro atoms. The van der Waals surface area contributed by atoms with Crippen molar-refractivity contribution in [2.75, 3.05) is 11.9 Å². The van der Waals surface area contributed by atoms with E-state index in [2.05, 4.69) is 49.1 Å². The molecule has 0 radical (unpaired) electrons. The van der Waals surface area contributed by atoms with Gasteiger partial charge in [-0.05, 0) is 43.7 Å². The van der Waals surface area contributed by atoms with Crippen molar-refractivity contribution in [1.29, 1.82) is 5.26 Å². The van der Waals surface area contributed by atoms with Gasteiger partial charge in [-0.1, -0.05) is 37.3 Å². The van der Waals surface area contributed by atoms with Gasteiger partial charge in [0.25, 0.3) is 0 Å². The fourth-order valence-corrected chi connectivity index (χ4v) is 3.53. The molecule has 20 heavy (non-hydrogen) atoms. The minimum atomic E-state index is -0.0592. The Hall–Kier alpha value is -1.75. The summed E-state index contributed by atoms with van der Waals surface area (Å²) in [5.41, 5.74) is 1.12. The van der Waals surface area contributed by atoms with E-state index < -0.39 is 0 Å². The zero-order valence-corrected chi connectivity index (χ0v) is 12.7. The second-order valence-electron chi connectivity index (χ2n) is 5.84. The molecule has 2 nitrogen and oxygen atoms in total. The third kappa shape index (κ3) is 2.88. The summed E-state index contributed by atoms with van der Waals surface area (Å²) in [7, 11) is 2.04. The summed E-state index contributed by atoms with van der Waals surface area (Å²) in [5, 5.41) is 9.71.